The molecule has 1 rings (SSSR count). The van der Waals surface area contributed by atoms with Crippen LogP contribution in [0.2, 0.25) is 0 Å². The Kier molecular flexibility index (Phi) is 2.88. The Hall–Kier alpha value is -0.570. The highest BCUT2D eigenvalue weighted by Gasteiger charge is 2.10. The van der Waals surface area contributed by atoms with Crippen molar-refractivity contribution in [1.82, 2.24) is 10.2 Å². The van der Waals surface area contributed by atoms with Crippen LogP contribution in [-0.4, -0.2) is 10.2 Å². The second kappa shape index (κ2) is 3.72. The minimum Gasteiger partial charge on any atom is -0.424 e. The van der Waals surface area contributed by atoms with Crippen LogP contribution in [0.15, 0.2) is 4.42 Å². The van der Waals surface area contributed by atoms with E-state index in [9.17, 15) is 0 Å². The van der Waals surface area contributed by atoms with Gasteiger partial charge >= 0.3 is 0 Å². The van der Waals surface area contributed by atoms with E-state index in [4.69, 9.17) is 16.0 Å². The summed E-state index contributed by atoms with van der Waals surface area (Å²) >= 11 is 5.49. The van der Waals surface area contributed by atoms with Gasteiger partial charge in [0.2, 0.25) is 11.8 Å². The molecule has 0 aromatic carbocycles. The molecule has 0 radical (unpaired) electrons. The number of aromatic nitrogens is 2. The molecule has 11 heavy (non-hydrogen) atoms. The Morgan fingerprint density at radius 2 is 2.27 bits per heavy atom. The van der Waals surface area contributed by atoms with Gasteiger partial charge in [0, 0.05) is 5.92 Å². The molecule has 0 amide bonds. The number of rotatable bonds is 3. The summed E-state index contributed by atoms with van der Waals surface area (Å²) in [4.78, 5) is 0. The van der Waals surface area contributed by atoms with E-state index in [0.717, 1.165) is 6.42 Å². The van der Waals surface area contributed by atoms with Gasteiger partial charge < -0.3 is 4.42 Å². The predicted octanol–water partition coefficient (Wildman–Crippen LogP) is 2.32. The molecule has 0 bridgehead atoms. The number of halogens is 1. The highest BCUT2D eigenvalue weighted by molar-refractivity contribution is 6.16. The third-order valence-electron chi connectivity index (χ3n) is 1.63. The molecular weight excluding hydrogens is 164 g/mol. The minimum atomic E-state index is 0.295. The lowest BCUT2D eigenvalue weighted by Gasteiger charge is -1.98. The van der Waals surface area contributed by atoms with Crippen molar-refractivity contribution in [1.29, 1.82) is 0 Å². The van der Waals surface area contributed by atoms with Crippen molar-refractivity contribution >= 4 is 11.6 Å². The van der Waals surface area contributed by atoms with Gasteiger partial charge in [-0.1, -0.05) is 13.8 Å². The van der Waals surface area contributed by atoms with E-state index < -0.39 is 0 Å². The van der Waals surface area contributed by atoms with Crippen LogP contribution >= 0.6 is 11.6 Å². The average molecular weight is 175 g/mol. The van der Waals surface area contributed by atoms with Gasteiger partial charge in [-0.3, -0.25) is 0 Å². The van der Waals surface area contributed by atoms with Crippen molar-refractivity contribution in [3.05, 3.63) is 11.8 Å². The highest BCUT2D eigenvalue weighted by Crippen LogP contribution is 2.16. The first-order valence-electron chi connectivity index (χ1n) is 3.66. The fourth-order valence-electron chi connectivity index (χ4n) is 0.694. The normalized spacial score (nSPS) is 13.4. The number of nitrogens with zero attached hydrogens (tertiary/aromatic N) is 2. The van der Waals surface area contributed by atoms with Gasteiger partial charge in [-0.25, -0.2) is 0 Å². The first-order valence-corrected chi connectivity index (χ1v) is 4.19. The lowest BCUT2D eigenvalue weighted by molar-refractivity contribution is 0.430. The van der Waals surface area contributed by atoms with Crippen LogP contribution in [0, 0.1) is 0 Å². The summed E-state index contributed by atoms with van der Waals surface area (Å²) in [7, 11) is 0. The van der Waals surface area contributed by atoms with E-state index in [1.54, 1.807) is 0 Å². The molecule has 0 aliphatic carbocycles. The molecule has 0 spiro atoms. The van der Waals surface area contributed by atoms with Crippen molar-refractivity contribution in [3.63, 3.8) is 0 Å². The zero-order chi connectivity index (χ0) is 8.27. The second-order valence-corrected chi connectivity index (χ2v) is 2.74. The zero-order valence-electron chi connectivity index (χ0n) is 6.67. The van der Waals surface area contributed by atoms with Gasteiger partial charge in [0.25, 0.3) is 0 Å². The fraction of sp³-hybridized carbons (Fsp3) is 0.714. The summed E-state index contributed by atoms with van der Waals surface area (Å²) in [6.45, 7) is 4.13. The van der Waals surface area contributed by atoms with Gasteiger partial charge in [0.15, 0.2) is 0 Å². The van der Waals surface area contributed by atoms with Gasteiger partial charge in [-0.2, -0.15) is 0 Å². The summed E-state index contributed by atoms with van der Waals surface area (Å²) in [5, 5.41) is 7.61. The van der Waals surface area contributed by atoms with E-state index in [1.165, 1.54) is 0 Å². The largest absolute Gasteiger partial charge is 0.424 e. The van der Waals surface area contributed by atoms with Crippen LogP contribution in [0.3, 0.4) is 0 Å². The van der Waals surface area contributed by atoms with Crippen molar-refractivity contribution in [2.75, 3.05) is 0 Å². The van der Waals surface area contributed by atoms with Crippen LogP contribution in [0.25, 0.3) is 0 Å². The SMILES string of the molecule is CC[C@H](C)c1nnc(CCl)o1. The number of hydrogen-bond donors (Lipinski definition) is 0. The predicted molar refractivity (Wildman–Crippen MR) is 42.6 cm³/mol. The quantitative estimate of drug-likeness (QED) is 0.661. The molecule has 4 heteroatoms. The maximum atomic E-state index is 5.49. The van der Waals surface area contributed by atoms with Crippen molar-refractivity contribution < 1.29 is 4.42 Å². The fourth-order valence-corrected chi connectivity index (χ4v) is 0.802. The molecule has 0 aliphatic rings. The molecule has 0 saturated carbocycles. The average Bonchev–Trinajstić information content (AvgIpc) is 2.50. The Labute approximate surface area is 70.8 Å². The van der Waals surface area contributed by atoms with E-state index in [0.29, 0.717) is 23.6 Å². The topological polar surface area (TPSA) is 38.9 Å². The Balaban J connectivity index is 2.71. The first kappa shape index (κ1) is 8.53. The van der Waals surface area contributed by atoms with Crippen molar-refractivity contribution in [2.24, 2.45) is 0 Å². The Morgan fingerprint density at radius 1 is 1.55 bits per heavy atom. The lowest BCUT2D eigenvalue weighted by Crippen LogP contribution is -1.90. The molecule has 1 aromatic heterocycles. The van der Waals surface area contributed by atoms with Gasteiger partial charge in [0.1, 0.15) is 5.88 Å². The monoisotopic (exact) mass is 174 g/mol. The molecule has 0 saturated heterocycles. The molecule has 1 atom stereocenters. The summed E-state index contributed by atoms with van der Waals surface area (Å²) in [6, 6.07) is 0. The van der Waals surface area contributed by atoms with Crippen LogP contribution < -0.4 is 0 Å². The Morgan fingerprint density at radius 3 is 2.73 bits per heavy atom. The van der Waals surface area contributed by atoms with E-state index in [1.807, 2.05) is 6.92 Å². The number of alkyl halides is 1. The molecule has 1 heterocycles. The molecule has 3 nitrogen and oxygen atoms in total. The Bertz CT molecular complexity index is 224. The first-order chi connectivity index (χ1) is 5.27. The molecule has 0 aliphatic heterocycles. The van der Waals surface area contributed by atoms with E-state index in [2.05, 4.69) is 17.1 Å². The molecule has 1 aromatic rings. The molecule has 62 valence electrons. The van der Waals surface area contributed by atoms with Crippen LogP contribution in [-0.2, 0) is 5.88 Å². The summed E-state index contributed by atoms with van der Waals surface area (Å²) in [5.41, 5.74) is 0. The van der Waals surface area contributed by atoms with E-state index in [-0.39, 0.29) is 0 Å². The van der Waals surface area contributed by atoms with Gasteiger partial charge in [0.05, 0.1) is 0 Å². The smallest absolute Gasteiger partial charge is 0.231 e. The lowest BCUT2D eigenvalue weighted by atomic mass is 10.1. The summed E-state index contributed by atoms with van der Waals surface area (Å²) < 4.78 is 5.23. The minimum absolute atomic E-state index is 0.295. The van der Waals surface area contributed by atoms with Crippen molar-refractivity contribution in [3.8, 4) is 0 Å². The summed E-state index contributed by atoms with van der Waals surface area (Å²) in [6.07, 6.45) is 1.00. The zero-order valence-corrected chi connectivity index (χ0v) is 7.43. The maximum Gasteiger partial charge on any atom is 0.231 e. The maximum absolute atomic E-state index is 5.49. The van der Waals surface area contributed by atoms with Gasteiger partial charge in [-0.15, -0.1) is 21.8 Å². The van der Waals surface area contributed by atoms with Crippen LogP contribution in [0.4, 0.5) is 0 Å². The van der Waals surface area contributed by atoms with Crippen LogP contribution in [0.1, 0.15) is 38.0 Å². The van der Waals surface area contributed by atoms with Gasteiger partial charge in [-0.05, 0) is 6.42 Å². The number of hydrogen-bond acceptors (Lipinski definition) is 3. The third kappa shape index (κ3) is 1.93. The molecule has 0 unspecified atom stereocenters. The summed E-state index contributed by atoms with van der Waals surface area (Å²) in [5.74, 6) is 1.81. The molecular formula is C7H11ClN2O. The standard InChI is InChI=1S/C7H11ClN2O/c1-3-5(2)7-10-9-6(4-8)11-7/h5H,3-4H2,1-2H3/t5-/m0/s1. The highest BCUT2D eigenvalue weighted by atomic mass is 35.5. The molecule has 0 N–H and O–H groups in total. The third-order valence-corrected chi connectivity index (χ3v) is 1.86. The molecule has 0 fully saturated rings. The van der Waals surface area contributed by atoms with Crippen LogP contribution in [0.5, 0.6) is 0 Å². The second-order valence-electron chi connectivity index (χ2n) is 2.48. The van der Waals surface area contributed by atoms with E-state index >= 15 is 0 Å². The van der Waals surface area contributed by atoms with Crippen molar-refractivity contribution in [2.45, 2.75) is 32.1 Å².